The number of methoxy groups -OCH3 is 1. The van der Waals surface area contributed by atoms with Gasteiger partial charge in [-0.05, 0) is 24.3 Å². The van der Waals surface area contributed by atoms with Crippen molar-refractivity contribution < 1.29 is 19.3 Å². The molecule has 1 N–H and O–H groups in total. The molecule has 0 aliphatic rings. The molecule has 8 heteroatoms. The highest BCUT2D eigenvalue weighted by molar-refractivity contribution is 6.30. The summed E-state index contributed by atoms with van der Waals surface area (Å²) in [5, 5.41) is 16.0. The number of aryl methyl sites for hydroxylation is 1. The van der Waals surface area contributed by atoms with E-state index in [4.69, 9.17) is 30.9 Å². The number of hydrogen-bond donors (Lipinski definition) is 1. The molecule has 1 atom stereocenters. The van der Waals surface area contributed by atoms with Crippen LogP contribution in [0.2, 0.25) is 5.02 Å². The third-order valence-electron chi connectivity index (χ3n) is 5.17. The average molecular weight is 486 g/mol. The molecule has 34 heavy (non-hydrogen) atoms. The lowest BCUT2D eigenvalue weighted by Gasteiger charge is -2.25. The Morgan fingerprint density at radius 3 is 2.59 bits per heavy atom. The smallest absolute Gasteiger partial charge is 0.222 e. The number of rotatable bonds is 14. The standard InChI is InChI=1S/C26H32ClN3O4/c1-4-15-33-19-22(31)17-30(14-16-32-3)18-24-25(20-8-6-5-7-9-20)28-29(2)26(24)34-23-12-10-21(27)11-13-23/h4-13,22,31H,1,14-19H2,2-3H3/t22-/m1/s1. The molecule has 0 aliphatic carbocycles. The number of ether oxygens (including phenoxy) is 3. The van der Waals surface area contributed by atoms with Gasteiger partial charge in [0.15, 0.2) is 0 Å². The van der Waals surface area contributed by atoms with E-state index >= 15 is 0 Å². The Balaban J connectivity index is 1.92. The first kappa shape index (κ1) is 25.9. The maximum atomic E-state index is 10.5. The van der Waals surface area contributed by atoms with Crippen LogP contribution in [0, 0.1) is 0 Å². The topological polar surface area (TPSA) is 69.0 Å². The molecule has 7 nitrogen and oxygen atoms in total. The predicted molar refractivity (Wildman–Crippen MR) is 134 cm³/mol. The number of hydrogen-bond acceptors (Lipinski definition) is 6. The van der Waals surface area contributed by atoms with E-state index < -0.39 is 6.10 Å². The van der Waals surface area contributed by atoms with Gasteiger partial charge < -0.3 is 19.3 Å². The third kappa shape index (κ3) is 7.41. The van der Waals surface area contributed by atoms with Crippen molar-refractivity contribution in [2.75, 3.05) is 40.0 Å². The summed E-state index contributed by atoms with van der Waals surface area (Å²) in [4.78, 5) is 2.11. The second-order valence-electron chi connectivity index (χ2n) is 7.89. The van der Waals surface area contributed by atoms with Gasteiger partial charge in [-0.15, -0.1) is 6.58 Å². The molecule has 182 valence electrons. The van der Waals surface area contributed by atoms with Gasteiger partial charge in [0.05, 0.1) is 31.5 Å². The Morgan fingerprint density at radius 2 is 1.91 bits per heavy atom. The molecular weight excluding hydrogens is 454 g/mol. The van der Waals surface area contributed by atoms with Crippen LogP contribution in [0.15, 0.2) is 67.3 Å². The summed E-state index contributed by atoms with van der Waals surface area (Å²) in [5.41, 5.74) is 2.73. The van der Waals surface area contributed by atoms with Crippen molar-refractivity contribution in [3.63, 3.8) is 0 Å². The average Bonchev–Trinajstić information content (AvgIpc) is 3.14. The van der Waals surface area contributed by atoms with Crippen LogP contribution in [0.25, 0.3) is 11.3 Å². The molecule has 0 aliphatic heterocycles. The highest BCUT2D eigenvalue weighted by Gasteiger charge is 2.23. The monoisotopic (exact) mass is 485 g/mol. The van der Waals surface area contributed by atoms with Crippen LogP contribution < -0.4 is 4.74 Å². The van der Waals surface area contributed by atoms with Crippen LogP contribution in [-0.4, -0.2) is 65.9 Å². The zero-order chi connectivity index (χ0) is 24.3. The van der Waals surface area contributed by atoms with Crippen LogP contribution in [0.4, 0.5) is 0 Å². The Labute approximate surface area is 206 Å². The summed E-state index contributed by atoms with van der Waals surface area (Å²) < 4.78 is 18.8. The molecule has 3 rings (SSSR count). The van der Waals surface area contributed by atoms with Gasteiger partial charge in [-0.1, -0.05) is 48.0 Å². The molecule has 0 radical (unpaired) electrons. The van der Waals surface area contributed by atoms with Crippen LogP contribution in [-0.2, 0) is 23.1 Å². The second-order valence-corrected chi connectivity index (χ2v) is 8.32. The molecule has 0 fully saturated rings. The van der Waals surface area contributed by atoms with Crippen molar-refractivity contribution in [1.82, 2.24) is 14.7 Å². The first-order valence-corrected chi connectivity index (χ1v) is 11.5. The summed E-state index contributed by atoms with van der Waals surface area (Å²) in [5.74, 6) is 1.29. The molecule has 0 saturated heterocycles. The lowest BCUT2D eigenvalue weighted by atomic mass is 10.1. The van der Waals surface area contributed by atoms with Gasteiger partial charge in [-0.25, -0.2) is 4.68 Å². The van der Waals surface area contributed by atoms with E-state index in [1.54, 1.807) is 30.0 Å². The normalized spacial score (nSPS) is 12.1. The van der Waals surface area contributed by atoms with E-state index in [0.29, 0.717) is 49.5 Å². The highest BCUT2D eigenvalue weighted by atomic mass is 35.5. The number of halogens is 1. The van der Waals surface area contributed by atoms with Crippen LogP contribution >= 0.6 is 11.6 Å². The highest BCUT2D eigenvalue weighted by Crippen LogP contribution is 2.34. The third-order valence-corrected chi connectivity index (χ3v) is 5.42. The molecule has 2 aromatic carbocycles. The van der Waals surface area contributed by atoms with Crippen LogP contribution in [0.3, 0.4) is 0 Å². The van der Waals surface area contributed by atoms with Gasteiger partial charge in [0, 0.05) is 44.4 Å². The quantitative estimate of drug-likeness (QED) is 0.267. The first-order chi connectivity index (χ1) is 16.5. The van der Waals surface area contributed by atoms with Gasteiger partial charge in [-0.3, -0.25) is 4.90 Å². The largest absolute Gasteiger partial charge is 0.439 e. The number of nitrogens with zero attached hydrogens (tertiary/aromatic N) is 3. The van der Waals surface area contributed by atoms with Crippen molar-refractivity contribution in [2.45, 2.75) is 12.6 Å². The van der Waals surface area contributed by atoms with Crippen molar-refractivity contribution in [3.05, 3.63) is 77.8 Å². The summed E-state index contributed by atoms with van der Waals surface area (Å²) in [6.07, 6.45) is 1.01. The number of aliphatic hydroxyl groups is 1. The first-order valence-electron chi connectivity index (χ1n) is 11.1. The molecule has 1 heterocycles. The molecule has 3 aromatic rings. The summed E-state index contributed by atoms with van der Waals surface area (Å²) in [6.45, 7) is 6.32. The van der Waals surface area contributed by atoms with Crippen molar-refractivity contribution in [1.29, 1.82) is 0 Å². The Morgan fingerprint density at radius 1 is 1.18 bits per heavy atom. The van der Waals surface area contributed by atoms with Gasteiger partial charge in [0.25, 0.3) is 0 Å². The van der Waals surface area contributed by atoms with E-state index in [1.165, 1.54) is 0 Å². The molecule has 0 unspecified atom stereocenters. The minimum Gasteiger partial charge on any atom is -0.439 e. The zero-order valence-electron chi connectivity index (χ0n) is 19.7. The minimum atomic E-state index is -0.658. The van der Waals surface area contributed by atoms with Crippen molar-refractivity contribution >= 4 is 11.6 Å². The Hall–Kier alpha value is -2.68. The molecule has 1 aromatic heterocycles. The van der Waals surface area contributed by atoms with Gasteiger partial charge in [0.1, 0.15) is 11.4 Å². The predicted octanol–water partition coefficient (Wildman–Crippen LogP) is 4.54. The van der Waals surface area contributed by atoms with Crippen LogP contribution in [0.1, 0.15) is 5.56 Å². The zero-order valence-corrected chi connectivity index (χ0v) is 20.4. The minimum absolute atomic E-state index is 0.224. The van der Waals surface area contributed by atoms with E-state index in [-0.39, 0.29) is 6.61 Å². The van der Waals surface area contributed by atoms with E-state index in [1.807, 2.05) is 49.5 Å². The van der Waals surface area contributed by atoms with Gasteiger partial charge in [0.2, 0.25) is 5.88 Å². The lowest BCUT2D eigenvalue weighted by Crippen LogP contribution is -2.36. The summed E-state index contributed by atoms with van der Waals surface area (Å²) in [7, 11) is 3.52. The Kier molecular flexibility index (Phi) is 10.1. The maximum absolute atomic E-state index is 10.5. The summed E-state index contributed by atoms with van der Waals surface area (Å²) in [6, 6.07) is 17.2. The molecule has 0 amide bonds. The SMILES string of the molecule is C=CCOC[C@H](O)CN(CCOC)Cc1c(-c2ccccc2)nn(C)c1Oc1ccc(Cl)cc1. The van der Waals surface area contributed by atoms with Crippen molar-refractivity contribution in [3.8, 4) is 22.9 Å². The fourth-order valence-corrected chi connectivity index (χ4v) is 3.71. The van der Waals surface area contributed by atoms with Crippen LogP contribution in [0.5, 0.6) is 11.6 Å². The Bertz CT molecular complexity index is 1020. The van der Waals surface area contributed by atoms with E-state index in [9.17, 15) is 5.11 Å². The fraction of sp³-hybridized carbons (Fsp3) is 0.346. The van der Waals surface area contributed by atoms with E-state index in [0.717, 1.165) is 16.8 Å². The molecule has 0 bridgehead atoms. The maximum Gasteiger partial charge on any atom is 0.222 e. The number of aromatic nitrogens is 2. The van der Waals surface area contributed by atoms with Gasteiger partial charge in [-0.2, -0.15) is 5.10 Å². The lowest BCUT2D eigenvalue weighted by molar-refractivity contribution is 0.0193. The van der Waals surface area contributed by atoms with Crippen molar-refractivity contribution in [2.24, 2.45) is 7.05 Å². The molecular formula is C26H32ClN3O4. The number of aliphatic hydroxyl groups excluding tert-OH is 1. The summed E-state index contributed by atoms with van der Waals surface area (Å²) >= 11 is 6.04. The second kappa shape index (κ2) is 13.3. The van der Waals surface area contributed by atoms with E-state index in [2.05, 4.69) is 11.5 Å². The fourth-order valence-electron chi connectivity index (χ4n) is 3.58. The van der Waals surface area contributed by atoms with Gasteiger partial charge >= 0.3 is 0 Å². The molecule has 0 spiro atoms. The molecule has 0 saturated carbocycles. The number of benzene rings is 2.